The van der Waals surface area contributed by atoms with Crippen LogP contribution in [-0.4, -0.2) is 30.7 Å². The van der Waals surface area contributed by atoms with Crippen LogP contribution in [-0.2, 0) is 10.0 Å². The number of nitro benzene ring substituents is 1. The molecule has 0 bridgehead atoms. The molecular formula is C10H13N3O4S. The first-order valence-electron chi connectivity index (χ1n) is 5.47. The van der Waals surface area contributed by atoms with E-state index in [0.717, 1.165) is 25.0 Å². The Bertz CT molecular complexity index is 579. The summed E-state index contributed by atoms with van der Waals surface area (Å²) in [7, 11) is -3.63. The number of hydrogen-bond acceptors (Lipinski definition) is 5. The molecule has 0 saturated carbocycles. The molecule has 0 aliphatic carbocycles. The molecule has 18 heavy (non-hydrogen) atoms. The van der Waals surface area contributed by atoms with Crippen molar-refractivity contribution in [2.24, 2.45) is 0 Å². The fraction of sp³-hybridized carbons (Fsp3) is 0.400. The average Bonchev–Trinajstić information content (AvgIpc) is 2.82. The third kappa shape index (κ3) is 2.16. The zero-order valence-corrected chi connectivity index (χ0v) is 10.4. The van der Waals surface area contributed by atoms with Gasteiger partial charge >= 0.3 is 0 Å². The summed E-state index contributed by atoms with van der Waals surface area (Å²) in [6.45, 7) is 0.942. The first-order chi connectivity index (χ1) is 8.43. The number of sulfonamides is 1. The lowest BCUT2D eigenvalue weighted by Gasteiger charge is -2.16. The molecule has 1 aromatic carbocycles. The maximum Gasteiger partial charge on any atom is 0.271 e. The maximum absolute atomic E-state index is 12.2. The van der Waals surface area contributed by atoms with Gasteiger partial charge in [-0.15, -0.1) is 0 Å². The van der Waals surface area contributed by atoms with Crippen molar-refractivity contribution < 1.29 is 13.3 Å². The van der Waals surface area contributed by atoms with Crippen molar-refractivity contribution in [2.75, 3.05) is 18.8 Å². The van der Waals surface area contributed by atoms with Gasteiger partial charge in [0, 0.05) is 25.2 Å². The lowest BCUT2D eigenvalue weighted by Crippen LogP contribution is -2.28. The van der Waals surface area contributed by atoms with Gasteiger partial charge < -0.3 is 5.73 Å². The second-order valence-corrected chi connectivity index (χ2v) is 6.00. The van der Waals surface area contributed by atoms with E-state index in [-0.39, 0.29) is 16.3 Å². The quantitative estimate of drug-likeness (QED) is 0.500. The van der Waals surface area contributed by atoms with E-state index in [1.807, 2.05) is 0 Å². The Labute approximate surface area is 104 Å². The van der Waals surface area contributed by atoms with Crippen LogP contribution in [0, 0.1) is 10.1 Å². The minimum Gasteiger partial charge on any atom is -0.397 e. The van der Waals surface area contributed by atoms with Crippen LogP contribution in [0.25, 0.3) is 0 Å². The van der Waals surface area contributed by atoms with Gasteiger partial charge in [0.2, 0.25) is 10.0 Å². The Morgan fingerprint density at radius 1 is 1.28 bits per heavy atom. The number of nitrogens with zero attached hydrogens (tertiary/aromatic N) is 2. The minimum absolute atomic E-state index is 0.0602. The summed E-state index contributed by atoms with van der Waals surface area (Å²) in [5.74, 6) is 0. The highest BCUT2D eigenvalue weighted by atomic mass is 32.2. The Morgan fingerprint density at radius 3 is 2.39 bits per heavy atom. The first-order valence-corrected chi connectivity index (χ1v) is 6.91. The Kier molecular flexibility index (Phi) is 3.22. The molecule has 98 valence electrons. The van der Waals surface area contributed by atoms with E-state index in [1.54, 1.807) is 0 Å². The number of non-ortho nitro benzene ring substituents is 1. The second kappa shape index (κ2) is 4.54. The molecule has 1 aliphatic rings. The molecule has 0 aromatic heterocycles. The summed E-state index contributed by atoms with van der Waals surface area (Å²) < 4.78 is 25.8. The fourth-order valence-electron chi connectivity index (χ4n) is 1.95. The van der Waals surface area contributed by atoms with Gasteiger partial charge in [-0.3, -0.25) is 10.1 Å². The molecule has 2 rings (SSSR count). The van der Waals surface area contributed by atoms with Gasteiger partial charge in [0.25, 0.3) is 5.69 Å². The van der Waals surface area contributed by atoms with E-state index in [1.165, 1.54) is 10.4 Å². The minimum atomic E-state index is -3.63. The topological polar surface area (TPSA) is 107 Å². The van der Waals surface area contributed by atoms with Crippen molar-refractivity contribution in [3.63, 3.8) is 0 Å². The zero-order valence-electron chi connectivity index (χ0n) is 9.57. The lowest BCUT2D eigenvalue weighted by atomic mass is 10.3. The van der Waals surface area contributed by atoms with E-state index < -0.39 is 14.9 Å². The summed E-state index contributed by atoms with van der Waals surface area (Å²) >= 11 is 0. The van der Waals surface area contributed by atoms with E-state index in [9.17, 15) is 18.5 Å². The van der Waals surface area contributed by atoms with Gasteiger partial charge in [0.15, 0.2) is 0 Å². The summed E-state index contributed by atoms with van der Waals surface area (Å²) in [5.41, 5.74) is 5.30. The fourth-order valence-corrected chi connectivity index (χ4v) is 3.57. The smallest absolute Gasteiger partial charge is 0.271 e. The molecule has 2 N–H and O–H groups in total. The van der Waals surface area contributed by atoms with Gasteiger partial charge in [0.05, 0.1) is 10.6 Å². The predicted molar refractivity (Wildman–Crippen MR) is 65.5 cm³/mol. The highest BCUT2D eigenvalue weighted by Gasteiger charge is 2.29. The molecular weight excluding hydrogens is 258 g/mol. The van der Waals surface area contributed by atoms with Crippen LogP contribution in [0.4, 0.5) is 11.4 Å². The molecule has 7 nitrogen and oxygen atoms in total. The number of benzene rings is 1. The molecule has 0 radical (unpaired) electrons. The van der Waals surface area contributed by atoms with Gasteiger partial charge in [0.1, 0.15) is 4.90 Å². The molecule has 0 atom stereocenters. The van der Waals surface area contributed by atoms with Crippen molar-refractivity contribution >= 4 is 21.4 Å². The summed E-state index contributed by atoms with van der Waals surface area (Å²) in [6.07, 6.45) is 1.65. The SMILES string of the molecule is Nc1cc([N+](=O)[O-])ccc1S(=O)(=O)N1CCCC1. The van der Waals surface area contributed by atoms with Gasteiger partial charge in [-0.05, 0) is 18.9 Å². The van der Waals surface area contributed by atoms with Gasteiger partial charge in [-0.1, -0.05) is 0 Å². The number of nitrogen functional groups attached to an aromatic ring is 1. The molecule has 1 aromatic rings. The van der Waals surface area contributed by atoms with Crippen molar-refractivity contribution in [2.45, 2.75) is 17.7 Å². The molecule has 8 heteroatoms. The zero-order chi connectivity index (χ0) is 13.3. The van der Waals surface area contributed by atoms with Crippen molar-refractivity contribution in [1.82, 2.24) is 4.31 Å². The Hall–Kier alpha value is -1.67. The van der Waals surface area contributed by atoms with E-state index in [2.05, 4.69) is 0 Å². The maximum atomic E-state index is 12.2. The summed E-state index contributed by atoms with van der Waals surface area (Å²) in [5, 5.41) is 10.6. The third-order valence-corrected chi connectivity index (χ3v) is 4.86. The Morgan fingerprint density at radius 2 is 1.89 bits per heavy atom. The third-order valence-electron chi connectivity index (χ3n) is 2.89. The van der Waals surface area contributed by atoms with E-state index in [4.69, 9.17) is 5.73 Å². The van der Waals surface area contributed by atoms with Crippen LogP contribution in [0.15, 0.2) is 23.1 Å². The van der Waals surface area contributed by atoms with Crippen molar-refractivity contribution in [3.8, 4) is 0 Å². The van der Waals surface area contributed by atoms with E-state index in [0.29, 0.717) is 13.1 Å². The van der Waals surface area contributed by atoms with Crippen molar-refractivity contribution in [3.05, 3.63) is 28.3 Å². The Balaban J connectivity index is 2.42. The standard InChI is InChI=1S/C10H13N3O4S/c11-9-7-8(13(14)15)3-4-10(9)18(16,17)12-5-1-2-6-12/h3-4,7H,1-2,5-6,11H2. The summed E-state index contributed by atoms with van der Waals surface area (Å²) in [4.78, 5) is 9.89. The average molecular weight is 271 g/mol. The highest BCUT2D eigenvalue weighted by molar-refractivity contribution is 7.89. The van der Waals surface area contributed by atoms with Crippen LogP contribution < -0.4 is 5.73 Å². The predicted octanol–water partition coefficient (Wildman–Crippen LogP) is 0.962. The second-order valence-electron chi connectivity index (χ2n) is 4.09. The van der Waals surface area contributed by atoms with E-state index >= 15 is 0 Å². The number of nitro groups is 1. The first kappa shape index (κ1) is 12.8. The number of nitrogens with two attached hydrogens (primary N) is 1. The number of rotatable bonds is 3. The molecule has 0 spiro atoms. The normalized spacial score (nSPS) is 16.9. The van der Waals surface area contributed by atoms with Crippen LogP contribution in [0.5, 0.6) is 0 Å². The monoisotopic (exact) mass is 271 g/mol. The molecule has 0 amide bonds. The van der Waals surface area contributed by atoms with Crippen LogP contribution in [0.3, 0.4) is 0 Å². The molecule has 0 unspecified atom stereocenters. The molecule has 1 saturated heterocycles. The largest absolute Gasteiger partial charge is 0.397 e. The lowest BCUT2D eigenvalue weighted by molar-refractivity contribution is -0.384. The van der Waals surface area contributed by atoms with Gasteiger partial charge in [-0.25, -0.2) is 8.42 Å². The summed E-state index contributed by atoms with van der Waals surface area (Å²) in [6, 6.07) is 3.42. The van der Waals surface area contributed by atoms with Crippen LogP contribution >= 0.6 is 0 Å². The van der Waals surface area contributed by atoms with Crippen LogP contribution in [0.2, 0.25) is 0 Å². The van der Waals surface area contributed by atoms with Gasteiger partial charge in [-0.2, -0.15) is 4.31 Å². The highest BCUT2D eigenvalue weighted by Crippen LogP contribution is 2.28. The number of hydrogen-bond donors (Lipinski definition) is 1. The molecule has 1 aliphatic heterocycles. The molecule has 1 heterocycles. The van der Waals surface area contributed by atoms with Crippen LogP contribution in [0.1, 0.15) is 12.8 Å². The number of anilines is 1. The van der Waals surface area contributed by atoms with Crippen molar-refractivity contribution in [1.29, 1.82) is 0 Å². The molecule has 1 fully saturated rings.